The number of ether oxygens (including phenoxy) is 3. The van der Waals surface area contributed by atoms with Crippen LogP contribution in [0.3, 0.4) is 0 Å². The molecular formula is C34H49N5O8. The van der Waals surface area contributed by atoms with Crippen LogP contribution in [0.1, 0.15) is 86.5 Å². The minimum absolute atomic E-state index is 0.171. The number of rotatable bonds is 17. The van der Waals surface area contributed by atoms with Crippen molar-refractivity contribution in [2.75, 3.05) is 18.5 Å². The molecule has 3 amide bonds. The van der Waals surface area contributed by atoms with Gasteiger partial charge >= 0.3 is 18.2 Å². The fourth-order valence-electron chi connectivity index (χ4n) is 4.01. The number of aliphatic carboxylic acids is 1. The predicted octanol–water partition coefficient (Wildman–Crippen LogP) is 7.65. The number of amides is 3. The highest BCUT2D eigenvalue weighted by Crippen LogP contribution is 2.23. The molecule has 0 aliphatic heterocycles. The Labute approximate surface area is 276 Å². The van der Waals surface area contributed by atoms with Gasteiger partial charge in [-0.25, -0.2) is 9.59 Å². The molecule has 0 fully saturated rings. The zero-order valence-corrected chi connectivity index (χ0v) is 28.3. The molecule has 0 aromatic heterocycles. The lowest BCUT2D eigenvalue weighted by Gasteiger charge is -2.23. The summed E-state index contributed by atoms with van der Waals surface area (Å²) in [5, 5.41) is 25.3. The number of nitrogens with one attached hydrogen (secondary N) is 3. The maximum atomic E-state index is 13.2. The number of carboxylic acid groups (broad SMARTS) is 1. The summed E-state index contributed by atoms with van der Waals surface area (Å²) in [7, 11) is 0. The van der Waals surface area contributed by atoms with Gasteiger partial charge in [-0.3, -0.25) is 9.59 Å². The third-order valence-electron chi connectivity index (χ3n) is 6.15. The van der Waals surface area contributed by atoms with Gasteiger partial charge in [-0.2, -0.15) is 10.2 Å². The van der Waals surface area contributed by atoms with Gasteiger partial charge < -0.3 is 35.3 Å². The zero-order valence-electron chi connectivity index (χ0n) is 28.3. The van der Waals surface area contributed by atoms with Gasteiger partial charge in [0.1, 0.15) is 23.0 Å². The van der Waals surface area contributed by atoms with E-state index in [0.29, 0.717) is 61.6 Å². The summed E-state index contributed by atoms with van der Waals surface area (Å²) >= 11 is 0. The van der Waals surface area contributed by atoms with E-state index in [0.717, 1.165) is 12.8 Å². The van der Waals surface area contributed by atoms with Crippen molar-refractivity contribution < 1.29 is 38.5 Å². The fourth-order valence-corrected chi connectivity index (χ4v) is 4.01. The van der Waals surface area contributed by atoms with Crippen LogP contribution in [0.25, 0.3) is 0 Å². The van der Waals surface area contributed by atoms with Gasteiger partial charge in [-0.05, 0) is 129 Å². The van der Waals surface area contributed by atoms with Crippen molar-refractivity contribution in [2.24, 2.45) is 10.2 Å². The summed E-state index contributed by atoms with van der Waals surface area (Å²) in [4.78, 5) is 48.0. The fraction of sp³-hybridized carbons (Fsp3) is 0.529. The Hall–Kier alpha value is -4.68. The van der Waals surface area contributed by atoms with Crippen molar-refractivity contribution >= 4 is 41.1 Å². The van der Waals surface area contributed by atoms with Crippen LogP contribution in [-0.2, 0) is 19.1 Å². The maximum absolute atomic E-state index is 13.2. The summed E-state index contributed by atoms with van der Waals surface area (Å²) in [6, 6.07) is 13.1. The second-order valence-corrected chi connectivity index (χ2v) is 12.9. The van der Waals surface area contributed by atoms with Crippen LogP contribution in [0.4, 0.5) is 26.7 Å². The number of benzene rings is 2. The van der Waals surface area contributed by atoms with Crippen LogP contribution >= 0.6 is 0 Å². The molecule has 0 aliphatic carbocycles. The molecule has 2 aromatic carbocycles. The number of unbranched alkanes of at least 4 members (excludes halogenated alkanes) is 3. The Balaban J connectivity index is 1.89. The predicted molar refractivity (Wildman–Crippen MR) is 179 cm³/mol. The van der Waals surface area contributed by atoms with Crippen LogP contribution in [0.2, 0.25) is 0 Å². The van der Waals surface area contributed by atoms with Gasteiger partial charge in [-0.15, -0.1) is 0 Å². The van der Waals surface area contributed by atoms with E-state index in [1.807, 2.05) is 0 Å². The second-order valence-electron chi connectivity index (χ2n) is 12.9. The molecule has 1 atom stereocenters. The van der Waals surface area contributed by atoms with E-state index in [4.69, 9.17) is 19.3 Å². The summed E-state index contributed by atoms with van der Waals surface area (Å²) in [5.41, 5.74) is 0.400. The lowest BCUT2D eigenvalue weighted by atomic mass is 10.1. The molecule has 1 unspecified atom stereocenters. The topological polar surface area (TPSA) is 177 Å². The number of hydrogen-bond acceptors (Lipinski definition) is 9. The first kappa shape index (κ1) is 38.5. The Morgan fingerprint density at radius 3 is 1.89 bits per heavy atom. The van der Waals surface area contributed by atoms with Crippen molar-refractivity contribution in [3.63, 3.8) is 0 Å². The minimum atomic E-state index is -0.866. The normalized spacial score (nSPS) is 12.2. The summed E-state index contributed by atoms with van der Waals surface area (Å²) in [6.07, 6.45) is 2.61. The van der Waals surface area contributed by atoms with Gasteiger partial charge in [0.05, 0.1) is 18.0 Å². The number of hydrogen-bond donors (Lipinski definition) is 4. The van der Waals surface area contributed by atoms with E-state index in [9.17, 15) is 19.2 Å². The number of carbonyl (C=O) groups is 4. The number of alkyl carbamates (subject to hydrolysis) is 2. The number of azo groups is 1. The highest BCUT2D eigenvalue weighted by atomic mass is 16.6. The van der Waals surface area contributed by atoms with E-state index in [2.05, 4.69) is 26.2 Å². The third kappa shape index (κ3) is 18.2. The van der Waals surface area contributed by atoms with Crippen LogP contribution in [0.5, 0.6) is 5.75 Å². The molecule has 0 saturated heterocycles. The first-order valence-corrected chi connectivity index (χ1v) is 15.8. The van der Waals surface area contributed by atoms with E-state index in [1.165, 1.54) is 0 Å². The molecule has 4 N–H and O–H groups in total. The average Bonchev–Trinajstić information content (AvgIpc) is 2.96. The molecule has 0 heterocycles. The maximum Gasteiger partial charge on any atom is 0.408 e. The van der Waals surface area contributed by atoms with Crippen molar-refractivity contribution in [3.05, 3.63) is 48.5 Å². The molecule has 0 saturated carbocycles. The molecule has 13 nitrogen and oxygen atoms in total. The van der Waals surface area contributed by atoms with E-state index >= 15 is 0 Å². The van der Waals surface area contributed by atoms with E-state index < -0.39 is 41.3 Å². The van der Waals surface area contributed by atoms with Crippen LogP contribution in [-0.4, -0.2) is 59.6 Å². The van der Waals surface area contributed by atoms with Gasteiger partial charge in [0.2, 0.25) is 5.91 Å². The number of carbonyl (C=O) groups excluding carboxylic acids is 3. The monoisotopic (exact) mass is 655 g/mol. The number of nitrogens with zero attached hydrogens (tertiary/aromatic N) is 2. The van der Waals surface area contributed by atoms with Crippen molar-refractivity contribution in [1.29, 1.82) is 0 Å². The molecule has 2 rings (SSSR count). The van der Waals surface area contributed by atoms with Crippen LogP contribution < -0.4 is 20.7 Å². The van der Waals surface area contributed by atoms with Gasteiger partial charge in [0.25, 0.3) is 0 Å². The van der Waals surface area contributed by atoms with Gasteiger partial charge in [-0.1, -0.05) is 0 Å². The molecule has 0 radical (unpaired) electrons. The van der Waals surface area contributed by atoms with Crippen molar-refractivity contribution in [3.8, 4) is 5.75 Å². The Morgan fingerprint density at radius 2 is 1.32 bits per heavy atom. The van der Waals surface area contributed by atoms with Crippen molar-refractivity contribution in [2.45, 2.75) is 104 Å². The molecular weight excluding hydrogens is 606 g/mol. The highest BCUT2D eigenvalue weighted by Gasteiger charge is 2.24. The molecule has 13 heteroatoms. The SMILES string of the molecule is CC(C)(C)OC(=O)NCCCCC(NC(=O)OC(C)(C)C)C(=O)Nc1ccc(N=Nc2ccc(OCCCCCC(=O)O)cc2)cc1. The second kappa shape index (κ2) is 19.1. The van der Waals surface area contributed by atoms with Gasteiger partial charge in [0, 0.05) is 18.7 Å². The van der Waals surface area contributed by atoms with E-state index in [1.54, 1.807) is 90.1 Å². The Kier molecular flexibility index (Phi) is 15.6. The first-order valence-electron chi connectivity index (χ1n) is 15.8. The molecule has 0 aliphatic rings. The largest absolute Gasteiger partial charge is 0.494 e. The van der Waals surface area contributed by atoms with Gasteiger partial charge in [0.15, 0.2) is 0 Å². The van der Waals surface area contributed by atoms with E-state index in [-0.39, 0.29) is 6.42 Å². The highest BCUT2D eigenvalue weighted by molar-refractivity contribution is 5.96. The minimum Gasteiger partial charge on any atom is -0.494 e. The standard InChI is InChI=1S/C34H49N5O8/c1-33(2,3)46-31(43)35-22-10-9-12-28(37-32(44)47-34(4,5)6)30(42)36-24-14-16-25(17-15-24)38-39-26-18-20-27(21-19-26)45-23-11-7-8-13-29(40)41/h14-21,28H,7-13,22-23H2,1-6H3,(H,35,43)(H,36,42)(H,37,44)(H,40,41). The smallest absolute Gasteiger partial charge is 0.408 e. The third-order valence-corrected chi connectivity index (χ3v) is 6.15. The zero-order chi connectivity index (χ0) is 34.9. The first-order chi connectivity index (χ1) is 22.1. The number of carboxylic acids is 1. The van der Waals surface area contributed by atoms with Crippen LogP contribution in [0, 0.1) is 0 Å². The molecule has 0 spiro atoms. The Morgan fingerprint density at radius 1 is 0.745 bits per heavy atom. The molecule has 258 valence electrons. The summed E-state index contributed by atoms with van der Waals surface area (Å²) < 4.78 is 16.3. The molecule has 0 bridgehead atoms. The molecule has 2 aromatic rings. The average molecular weight is 656 g/mol. The lowest BCUT2D eigenvalue weighted by molar-refractivity contribution is -0.137. The van der Waals surface area contributed by atoms with Crippen LogP contribution in [0.15, 0.2) is 58.8 Å². The lowest BCUT2D eigenvalue weighted by Crippen LogP contribution is -2.45. The Bertz CT molecular complexity index is 1320. The van der Waals surface area contributed by atoms with Crippen molar-refractivity contribution in [1.82, 2.24) is 10.6 Å². The summed E-state index contributed by atoms with van der Waals surface area (Å²) in [5.74, 6) is -0.501. The quantitative estimate of drug-likeness (QED) is 0.0991. The number of anilines is 1. The molecule has 47 heavy (non-hydrogen) atoms. The summed E-state index contributed by atoms with van der Waals surface area (Å²) in [6.45, 7) is 11.4.